The third-order valence-corrected chi connectivity index (χ3v) is 3.17. The van der Waals surface area contributed by atoms with Gasteiger partial charge in [0.2, 0.25) is 5.88 Å². The summed E-state index contributed by atoms with van der Waals surface area (Å²) in [6.45, 7) is 3.80. The number of nitrogens with one attached hydrogen (secondary N) is 1. The van der Waals surface area contributed by atoms with Gasteiger partial charge >= 0.3 is 0 Å². The number of hydrogen-bond acceptors (Lipinski definition) is 6. The SMILES string of the molecule is CCCOc1cc(NCC2COc3ccccc3O2)ncn1. The number of para-hydroxylation sites is 2. The van der Waals surface area contributed by atoms with Crippen molar-refractivity contribution in [2.45, 2.75) is 19.4 Å². The summed E-state index contributed by atoms with van der Waals surface area (Å²) in [4.78, 5) is 8.25. The van der Waals surface area contributed by atoms with E-state index in [1.165, 1.54) is 6.33 Å². The van der Waals surface area contributed by atoms with Gasteiger partial charge in [-0.2, -0.15) is 0 Å². The molecule has 22 heavy (non-hydrogen) atoms. The third kappa shape index (κ3) is 3.58. The van der Waals surface area contributed by atoms with Gasteiger partial charge in [-0.1, -0.05) is 19.1 Å². The molecule has 6 nitrogen and oxygen atoms in total. The topological polar surface area (TPSA) is 65.5 Å². The molecule has 0 radical (unpaired) electrons. The van der Waals surface area contributed by atoms with Crippen LogP contribution in [-0.4, -0.2) is 35.8 Å². The van der Waals surface area contributed by atoms with Crippen LogP contribution in [0.2, 0.25) is 0 Å². The first-order chi connectivity index (χ1) is 10.8. The quantitative estimate of drug-likeness (QED) is 0.884. The van der Waals surface area contributed by atoms with Crippen molar-refractivity contribution in [1.29, 1.82) is 0 Å². The van der Waals surface area contributed by atoms with E-state index in [-0.39, 0.29) is 6.10 Å². The van der Waals surface area contributed by atoms with E-state index in [2.05, 4.69) is 22.2 Å². The van der Waals surface area contributed by atoms with Crippen LogP contribution in [0, 0.1) is 0 Å². The van der Waals surface area contributed by atoms with Crippen LogP contribution in [0.25, 0.3) is 0 Å². The molecule has 2 aromatic rings. The Morgan fingerprint density at radius 2 is 2.14 bits per heavy atom. The standard InChI is InChI=1S/C16H19N3O3/c1-2-7-20-16-8-15(18-11-19-16)17-9-12-10-21-13-5-3-4-6-14(13)22-12/h3-6,8,11-12H,2,7,9-10H2,1H3,(H,17,18,19). The molecule has 1 aliphatic rings. The van der Waals surface area contributed by atoms with Crippen molar-refractivity contribution in [1.82, 2.24) is 9.97 Å². The zero-order valence-corrected chi connectivity index (χ0v) is 12.5. The molecule has 3 rings (SSSR count). The fourth-order valence-electron chi connectivity index (χ4n) is 2.10. The maximum atomic E-state index is 5.89. The summed E-state index contributed by atoms with van der Waals surface area (Å²) >= 11 is 0. The van der Waals surface area contributed by atoms with Crippen LogP contribution in [0.1, 0.15) is 13.3 Å². The van der Waals surface area contributed by atoms with E-state index in [4.69, 9.17) is 14.2 Å². The zero-order chi connectivity index (χ0) is 15.2. The van der Waals surface area contributed by atoms with Crippen LogP contribution in [-0.2, 0) is 0 Å². The second-order valence-electron chi connectivity index (χ2n) is 4.97. The van der Waals surface area contributed by atoms with E-state index in [9.17, 15) is 0 Å². The van der Waals surface area contributed by atoms with E-state index in [0.29, 0.717) is 31.5 Å². The summed E-state index contributed by atoms with van der Waals surface area (Å²) in [5, 5.41) is 3.23. The minimum absolute atomic E-state index is 0.0649. The first kappa shape index (κ1) is 14.4. The monoisotopic (exact) mass is 301 g/mol. The third-order valence-electron chi connectivity index (χ3n) is 3.17. The van der Waals surface area contributed by atoms with Gasteiger partial charge in [0.25, 0.3) is 0 Å². The molecule has 0 amide bonds. The molecule has 0 saturated carbocycles. The summed E-state index contributed by atoms with van der Waals surface area (Å²) < 4.78 is 17.1. The van der Waals surface area contributed by atoms with Crippen molar-refractivity contribution in [2.24, 2.45) is 0 Å². The summed E-state index contributed by atoms with van der Waals surface area (Å²) in [5.74, 6) is 2.85. The predicted octanol–water partition coefficient (Wildman–Crippen LogP) is 2.52. The average Bonchev–Trinajstić information content (AvgIpc) is 2.58. The van der Waals surface area contributed by atoms with E-state index in [1.54, 1.807) is 6.07 Å². The Morgan fingerprint density at radius 1 is 1.27 bits per heavy atom. The summed E-state index contributed by atoms with van der Waals surface area (Å²) in [6.07, 6.45) is 2.37. The van der Waals surface area contributed by atoms with Gasteiger partial charge in [0, 0.05) is 6.07 Å². The molecule has 0 bridgehead atoms. The van der Waals surface area contributed by atoms with Gasteiger partial charge in [-0.15, -0.1) is 0 Å². The van der Waals surface area contributed by atoms with Crippen molar-refractivity contribution in [3.8, 4) is 17.4 Å². The van der Waals surface area contributed by atoms with E-state index in [1.807, 2.05) is 24.3 Å². The number of benzene rings is 1. The van der Waals surface area contributed by atoms with Gasteiger partial charge in [0.1, 0.15) is 24.9 Å². The highest BCUT2D eigenvalue weighted by molar-refractivity contribution is 5.41. The Kier molecular flexibility index (Phi) is 4.58. The van der Waals surface area contributed by atoms with Crippen LogP contribution in [0.3, 0.4) is 0 Å². The number of rotatable bonds is 6. The molecule has 0 saturated heterocycles. The molecule has 1 unspecified atom stereocenters. The second kappa shape index (κ2) is 6.98. The number of ether oxygens (including phenoxy) is 3. The normalized spacial score (nSPS) is 16.1. The van der Waals surface area contributed by atoms with Gasteiger partial charge in [-0.05, 0) is 18.6 Å². The fraction of sp³-hybridized carbons (Fsp3) is 0.375. The smallest absolute Gasteiger partial charge is 0.218 e. The van der Waals surface area contributed by atoms with Crippen molar-refractivity contribution in [3.63, 3.8) is 0 Å². The van der Waals surface area contributed by atoms with Crippen molar-refractivity contribution < 1.29 is 14.2 Å². The minimum atomic E-state index is -0.0649. The summed E-state index contributed by atoms with van der Waals surface area (Å²) in [5.41, 5.74) is 0. The van der Waals surface area contributed by atoms with Crippen LogP contribution in [0.4, 0.5) is 5.82 Å². The molecule has 6 heteroatoms. The van der Waals surface area contributed by atoms with Crippen molar-refractivity contribution in [2.75, 3.05) is 25.1 Å². The molecule has 2 heterocycles. The molecular formula is C16H19N3O3. The lowest BCUT2D eigenvalue weighted by molar-refractivity contribution is 0.0997. The Morgan fingerprint density at radius 3 is 3.00 bits per heavy atom. The molecule has 1 aromatic heterocycles. The summed E-state index contributed by atoms with van der Waals surface area (Å²) in [6, 6.07) is 9.45. The maximum absolute atomic E-state index is 5.89. The van der Waals surface area contributed by atoms with Crippen LogP contribution in [0.5, 0.6) is 17.4 Å². The van der Waals surface area contributed by atoms with Gasteiger partial charge in [0.15, 0.2) is 11.5 Å². The van der Waals surface area contributed by atoms with Crippen molar-refractivity contribution >= 4 is 5.82 Å². The predicted molar refractivity (Wildman–Crippen MR) is 82.7 cm³/mol. The first-order valence-electron chi connectivity index (χ1n) is 7.42. The Labute approximate surface area is 129 Å². The highest BCUT2D eigenvalue weighted by Gasteiger charge is 2.20. The lowest BCUT2D eigenvalue weighted by Gasteiger charge is -2.26. The van der Waals surface area contributed by atoms with Crippen LogP contribution >= 0.6 is 0 Å². The molecule has 1 aromatic carbocycles. The molecule has 0 fully saturated rings. The Hall–Kier alpha value is -2.50. The van der Waals surface area contributed by atoms with E-state index in [0.717, 1.165) is 17.9 Å². The highest BCUT2D eigenvalue weighted by Crippen LogP contribution is 2.30. The highest BCUT2D eigenvalue weighted by atomic mass is 16.6. The van der Waals surface area contributed by atoms with Gasteiger partial charge in [-0.3, -0.25) is 0 Å². The zero-order valence-electron chi connectivity index (χ0n) is 12.5. The molecule has 0 spiro atoms. The van der Waals surface area contributed by atoms with E-state index < -0.39 is 0 Å². The lowest BCUT2D eigenvalue weighted by Crippen LogP contribution is -2.35. The second-order valence-corrected chi connectivity index (χ2v) is 4.97. The van der Waals surface area contributed by atoms with Crippen molar-refractivity contribution in [3.05, 3.63) is 36.7 Å². The number of anilines is 1. The largest absolute Gasteiger partial charge is 0.486 e. The molecule has 1 N–H and O–H groups in total. The molecule has 1 atom stereocenters. The number of hydrogen-bond donors (Lipinski definition) is 1. The maximum Gasteiger partial charge on any atom is 0.218 e. The van der Waals surface area contributed by atoms with Gasteiger partial charge in [-0.25, -0.2) is 9.97 Å². The van der Waals surface area contributed by atoms with Crippen LogP contribution in [0.15, 0.2) is 36.7 Å². The molecule has 0 aliphatic carbocycles. The van der Waals surface area contributed by atoms with Gasteiger partial charge in [0.05, 0.1) is 13.2 Å². The van der Waals surface area contributed by atoms with Gasteiger partial charge < -0.3 is 19.5 Å². The first-order valence-corrected chi connectivity index (χ1v) is 7.42. The Bertz CT molecular complexity index is 621. The fourth-order valence-corrected chi connectivity index (χ4v) is 2.10. The Balaban J connectivity index is 1.55. The number of nitrogens with zero attached hydrogens (tertiary/aromatic N) is 2. The lowest BCUT2D eigenvalue weighted by atomic mass is 10.2. The van der Waals surface area contributed by atoms with Crippen LogP contribution < -0.4 is 19.5 Å². The molecule has 1 aliphatic heterocycles. The molecular weight excluding hydrogens is 282 g/mol. The van der Waals surface area contributed by atoms with E-state index >= 15 is 0 Å². The number of fused-ring (bicyclic) bond motifs is 1. The summed E-state index contributed by atoms with van der Waals surface area (Å²) in [7, 11) is 0. The average molecular weight is 301 g/mol. The molecule has 116 valence electrons. The minimum Gasteiger partial charge on any atom is -0.486 e. The number of aromatic nitrogens is 2.